The van der Waals surface area contributed by atoms with Gasteiger partial charge in [-0.15, -0.1) is 0 Å². The number of ether oxygens (including phenoxy) is 1. The second kappa shape index (κ2) is 7.26. The minimum Gasteiger partial charge on any atom is -0.372 e. The Hall–Kier alpha value is -2.36. The summed E-state index contributed by atoms with van der Waals surface area (Å²) >= 11 is 0. The molecule has 0 fully saturated rings. The van der Waals surface area contributed by atoms with E-state index in [1.165, 1.54) is 43.5 Å². The second-order valence-corrected chi connectivity index (χ2v) is 7.26. The van der Waals surface area contributed by atoms with Gasteiger partial charge in [0.1, 0.15) is 11.4 Å². The van der Waals surface area contributed by atoms with Gasteiger partial charge in [-0.3, -0.25) is 10.1 Å². The van der Waals surface area contributed by atoms with Crippen LogP contribution in [0.15, 0.2) is 53.4 Å². The summed E-state index contributed by atoms with van der Waals surface area (Å²) < 4.78 is 46.5. The largest absolute Gasteiger partial charge is 0.372 e. The molecule has 0 aliphatic carbocycles. The number of sulfonamides is 1. The average molecular weight is 368 g/mol. The first-order valence-corrected chi connectivity index (χ1v) is 8.72. The monoisotopic (exact) mass is 368 g/mol. The molecular formula is C16H17FN2O5S. The number of halogens is 1. The van der Waals surface area contributed by atoms with Gasteiger partial charge >= 0.3 is 0 Å². The summed E-state index contributed by atoms with van der Waals surface area (Å²) in [5.41, 5.74) is -1.40. The molecule has 0 saturated heterocycles. The first-order chi connectivity index (χ1) is 11.7. The fraction of sp³-hybridized carbons (Fsp3) is 0.250. The number of nitrogens with zero attached hydrogens (tertiary/aromatic N) is 1. The molecule has 0 amide bonds. The summed E-state index contributed by atoms with van der Waals surface area (Å²) in [6.45, 7) is 1.29. The highest BCUT2D eigenvalue weighted by Crippen LogP contribution is 2.27. The Labute approximate surface area is 144 Å². The zero-order valence-electron chi connectivity index (χ0n) is 13.6. The van der Waals surface area contributed by atoms with Crippen LogP contribution in [-0.2, 0) is 20.4 Å². The van der Waals surface area contributed by atoms with Crippen LogP contribution in [0.25, 0.3) is 0 Å². The van der Waals surface area contributed by atoms with Gasteiger partial charge < -0.3 is 4.74 Å². The standard InChI is InChI=1S/C16H17FN2O5S/c1-16(24-2,14-8-3-4-9-15(14)17)11-18-25(22,23)13-7-5-6-12(10-13)19(20)21/h3-10,18H,11H2,1-2H3. The van der Waals surface area contributed by atoms with Crippen LogP contribution in [0.1, 0.15) is 12.5 Å². The molecule has 0 aliphatic rings. The van der Waals surface area contributed by atoms with E-state index in [2.05, 4.69) is 4.72 Å². The molecule has 9 heteroatoms. The van der Waals surface area contributed by atoms with Gasteiger partial charge in [-0.2, -0.15) is 0 Å². The van der Waals surface area contributed by atoms with E-state index < -0.39 is 26.4 Å². The Morgan fingerprint density at radius 3 is 2.52 bits per heavy atom. The zero-order chi connectivity index (χ0) is 18.7. The second-order valence-electron chi connectivity index (χ2n) is 5.49. The predicted molar refractivity (Wildman–Crippen MR) is 89.0 cm³/mol. The van der Waals surface area contributed by atoms with Crippen molar-refractivity contribution in [3.63, 3.8) is 0 Å². The summed E-state index contributed by atoms with van der Waals surface area (Å²) in [5.74, 6) is -0.526. The van der Waals surface area contributed by atoms with Crippen LogP contribution in [0.2, 0.25) is 0 Å². The summed E-state index contributed by atoms with van der Waals surface area (Å²) in [5, 5.41) is 10.8. The molecule has 1 N–H and O–H groups in total. The first kappa shape index (κ1) is 19.0. The molecular weight excluding hydrogens is 351 g/mol. The molecule has 0 aliphatic heterocycles. The summed E-state index contributed by atoms with van der Waals surface area (Å²) in [7, 11) is -2.70. The average Bonchev–Trinajstić information content (AvgIpc) is 2.60. The third-order valence-electron chi connectivity index (χ3n) is 3.83. The maximum Gasteiger partial charge on any atom is 0.270 e. The highest BCUT2D eigenvalue weighted by Gasteiger charge is 2.31. The molecule has 2 aromatic rings. The van der Waals surface area contributed by atoms with Crippen molar-refractivity contribution in [2.45, 2.75) is 17.4 Å². The van der Waals surface area contributed by atoms with Crippen LogP contribution in [-0.4, -0.2) is 27.0 Å². The smallest absolute Gasteiger partial charge is 0.270 e. The van der Waals surface area contributed by atoms with Crippen molar-refractivity contribution in [3.8, 4) is 0 Å². The van der Waals surface area contributed by atoms with Crippen LogP contribution in [0.5, 0.6) is 0 Å². The van der Waals surface area contributed by atoms with Crippen molar-refractivity contribution < 1.29 is 22.5 Å². The summed E-state index contributed by atoms with van der Waals surface area (Å²) in [6, 6.07) is 10.5. The molecule has 0 aromatic heterocycles. The van der Waals surface area contributed by atoms with E-state index in [0.29, 0.717) is 0 Å². The molecule has 0 spiro atoms. The van der Waals surface area contributed by atoms with Crippen LogP contribution in [0.4, 0.5) is 10.1 Å². The Bertz CT molecular complexity index is 888. The lowest BCUT2D eigenvalue weighted by molar-refractivity contribution is -0.385. The number of nitro benzene ring substituents is 1. The topological polar surface area (TPSA) is 98.5 Å². The Morgan fingerprint density at radius 1 is 1.24 bits per heavy atom. The quantitative estimate of drug-likeness (QED) is 0.598. The van der Waals surface area contributed by atoms with E-state index in [1.807, 2.05) is 0 Å². The van der Waals surface area contributed by atoms with Crippen molar-refractivity contribution in [1.29, 1.82) is 0 Å². The molecule has 134 valence electrons. The van der Waals surface area contributed by atoms with Crippen LogP contribution < -0.4 is 4.72 Å². The lowest BCUT2D eigenvalue weighted by Crippen LogP contribution is -2.40. The first-order valence-electron chi connectivity index (χ1n) is 7.24. The Morgan fingerprint density at radius 2 is 1.92 bits per heavy atom. The van der Waals surface area contributed by atoms with E-state index >= 15 is 0 Å². The SMILES string of the molecule is COC(C)(CNS(=O)(=O)c1cccc([N+](=O)[O-])c1)c1ccccc1F. The molecule has 25 heavy (non-hydrogen) atoms. The normalized spacial score (nSPS) is 14.0. The maximum atomic E-state index is 14.0. The van der Waals surface area contributed by atoms with E-state index in [4.69, 9.17) is 4.74 Å². The van der Waals surface area contributed by atoms with Crippen molar-refractivity contribution in [1.82, 2.24) is 4.72 Å². The molecule has 0 saturated carbocycles. The number of methoxy groups -OCH3 is 1. The maximum absolute atomic E-state index is 14.0. The number of non-ortho nitro benzene ring substituents is 1. The van der Waals surface area contributed by atoms with Crippen LogP contribution >= 0.6 is 0 Å². The van der Waals surface area contributed by atoms with Gasteiger partial charge in [0.25, 0.3) is 5.69 Å². The van der Waals surface area contributed by atoms with Crippen LogP contribution in [0, 0.1) is 15.9 Å². The molecule has 1 unspecified atom stereocenters. The van der Waals surface area contributed by atoms with Crippen molar-refractivity contribution in [2.24, 2.45) is 0 Å². The minimum absolute atomic E-state index is 0.194. The number of nitrogens with one attached hydrogen (secondary N) is 1. The number of hydrogen-bond donors (Lipinski definition) is 1. The van der Waals surface area contributed by atoms with Gasteiger partial charge in [0.05, 0.1) is 9.82 Å². The molecule has 0 heterocycles. The number of rotatable bonds is 7. The molecule has 2 rings (SSSR count). The van der Waals surface area contributed by atoms with E-state index in [1.54, 1.807) is 13.0 Å². The predicted octanol–water partition coefficient (Wildman–Crippen LogP) is 2.57. The summed E-state index contributed by atoms with van der Waals surface area (Å²) in [6.07, 6.45) is 0. The Balaban J connectivity index is 2.27. The fourth-order valence-electron chi connectivity index (χ4n) is 2.25. The minimum atomic E-state index is -4.04. The van der Waals surface area contributed by atoms with E-state index in [9.17, 15) is 22.9 Å². The zero-order valence-corrected chi connectivity index (χ0v) is 14.4. The molecule has 1 atom stereocenters. The van der Waals surface area contributed by atoms with Crippen molar-refractivity contribution in [3.05, 3.63) is 70.0 Å². The van der Waals surface area contributed by atoms with Gasteiger partial charge in [-0.25, -0.2) is 17.5 Å². The van der Waals surface area contributed by atoms with E-state index in [-0.39, 0.29) is 22.7 Å². The lowest BCUT2D eigenvalue weighted by atomic mass is 9.95. The van der Waals surface area contributed by atoms with Gasteiger partial charge in [0.2, 0.25) is 10.0 Å². The van der Waals surface area contributed by atoms with Crippen molar-refractivity contribution in [2.75, 3.05) is 13.7 Å². The molecule has 0 radical (unpaired) electrons. The highest BCUT2D eigenvalue weighted by molar-refractivity contribution is 7.89. The lowest BCUT2D eigenvalue weighted by Gasteiger charge is -2.29. The van der Waals surface area contributed by atoms with Gasteiger partial charge in [-0.05, 0) is 19.1 Å². The Kier molecular flexibility index (Phi) is 5.51. The summed E-state index contributed by atoms with van der Waals surface area (Å²) in [4.78, 5) is 9.86. The number of nitro groups is 1. The third-order valence-corrected chi connectivity index (χ3v) is 5.23. The van der Waals surface area contributed by atoms with Gasteiger partial charge in [0.15, 0.2) is 0 Å². The molecule has 7 nitrogen and oxygen atoms in total. The number of benzene rings is 2. The highest BCUT2D eigenvalue weighted by atomic mass is 32.2. The molecule has 0 bridgehead atoms. The fourth-order valence-corrected chi connectivity index (χ4v) is 3.41. The third kappa shape index (κ3) is 4.19. The van der Waals surface area contributed by atoms with Crippen LogP contribution in [0.3, 0.4) is 0 Å². The van der Waals surface area contributed by atoms with Crippen molar-refractivity contribution >= 4 is 15.7 Å². The van der Waals surface area contributed by atoms with E-state index in [0.717, 1.165) is 6.07 Å². The molecule has 2 aromatic carbocycles. The van der Waals surface area contributed by atoms with Gasteiger partial charge in [-0.1, -0.05) is 24.3 Å². The van der Waals surface area contributed by atoms with Gasteiger partial charge in [0, 0.05) is 31.4 Å². The number of hydrogen-bond acceptors (Lipinski definition) is 5.